The molecule has 2 heteroatoms. The highest BCUT2D eigenvalue weighted by Crippen LogP contribution is 2.53. The van der Waals surface area contributed by atoms with E-state index in [2.05, 4.69) is 13.8 Å². The highest BCUT2D eigenvalue weighted by molar-refractivity contribution is 5.81. The highest BCUT2D eigenvalue weighted by atomic mass is 16.1. The lowest BCUT2D eigenvalue weighted by Gasteiger charge is -2.48. The number of rotatable bonds is 2. The molecule has 4 atom stereocenters. The van der Waals surface area contributed by atoms with E-state index in [-0.39, 0.29) is 11.3 Å². The van der Waals surface area contributed by atoms with Crippen LogP contribution in [0, 0.1) is 23.2 Å². The van der Waals surface area contributed by atoms with Crippen LogP contribution in [0.5, 0.6) is 0 Å². The molecule has 0 saturated heterocycles. The van der Waals surface area contributed by atoms with E-state index in [1.807, 2.05) is 0 Å². The summed E-state index contributed by atoms with van der Waals surface area (Å²) in [6.07, 6.45) is 7.01. The Balaban J connectivity index is 2.21. The molecule has 0 aliphatic heterocycles. The van der Waals surface area contributed by atoms with Crippen LogP contribution < -0.4 is 5.73 Å². The normalized spacial score (nSPS) is 45.1. The second kappa shape index (κ2) is 3.80. The van der Waals surface area contributed by atoms with Crippen molar-refractivity contribution in [1.29, 1.82) is 0 Å². The van der Waals surface area contributed by atoms with Gasteiger partial charge < -0.3 is 5.73 Å². The van der Waals surface area contributed by atoms with Crippen LogP contribution in [0.2, 0.25) is 0 Å². The molecule has 2 aliphatic rings. The summed E-state index contributed by atoms with van der Waals surface area (Å²) >= 11 is 0. The van der Waals surface area contributed by atoms with Gasteiger partial charge in [0.1, 0.15) is 0 Å². The van der Waals surface area contributed by atoms with Gasteiger partial charge in [0, 0.05) is 5.41 Å². The minimum Gasteiger partial charge on any atom is -0.369 e. The van der Waals surface area contributed by atoms with E-state index in [1.54, 1.807) is 0 Å². The standard InChI is InChI=1S/C13H23NO/c1-3-10-5-11-4-9(2)6-13(7-10,8-11)12(14)15/h9-11H,3-8H2,1-2H3,(H2,14,15). The van der Waals surface area contributed by atoms with Crippen molar-refractivity contribution in [2.45, 2.75) is 52.4 Å². The summed E-state index contributed by atoms with van der Waals surface area (Å²) in [7, 11) is 0. The maximum absolute atomic E-state index is 11.7. The maximum Gasteiger partial charge on any atom is 0.223 e. The van der Waals surface area contributed by atoms with Crippen molar-refractivity contribution in [2.24, 2.45) is 28.9 Å². The number of hydrogen-bond acceptors (Lipinski definition) is 1. The van der Waals surface area contributed by atoms with E-state index >= 15 is 0 Å². The Morgan fingerprint density at radius 1 is 1.33 bits per heavy atom. The molecule has 2 aliphatic carbocycles. The Kier molecular flexibility index (Phi) is 2.78. The SMILES string of the molecule is CCC1CC2CC(C)CC(C(N)=O)(C1)C2. The van der Waals surface area contributed by atoms with Crippen LogP contribution in [0.15, 0.2) is 0 Å². The number of fused-ring (bicyclic) bond motifs is 2. The first-order chi connectivity index (χ1) is 7.05. The van der Waals surface area contributed by atoms with E-state index in [0.29, 0.717) is 5.92 Å². The fraction of sp³-hybridized carbons (Fsp3) is 0.923. The fourth-order valence-corrected chi connectivity index (χ4v) is 4.10. The number of carbonyl (C=O) groups excluding carboxylic acids is 1. The lowest BCUT2D eigenvalue weighted by Crippen LogP contribution is -2.47. The molecule has 15 heavy (non-hydrogen) atoms. The zero-order valence-electron chi connectivity index (χ0n) is 9.96. The molecule has 4 unspecified atom stereocenters. The predicted octanol–water partition coefficient (Wildman–Crippen LogP) is 2.71. The lowest BCUT2D eigenvalue weighted by atomic mass is 9.56. The van der Waals surface area contributed by atoms with Gasteiger partial charge in [0.05, 0.1) is 0 Å². The van der Waals surface area contributed by atoms with Gasteiger partial charge in [-0.1, -0.05) is 20.3 Å². The Morgan fingerprint density at radius 3 is 2.67 bits per heavy atom. The molecule has 2 fully saturated rings. The smallest absolute Gasteiger partial charge is 0.223 e. The number of nitrogens with two attached hydrogens (primary N) is 1. The Labute approximate surface area is 92.6 Å². The largest absolute Gasteiger partial charge is 0.369 e. The van der Waals surface area contributed by atoms with Crippen LogP contribution in [-0.2, 0) is 4.79 Å². The summed E-state index contributed by atoms with van der Waals surface area (Å²) in [6.45, 7) is 4.51. The summed E-state index contributed by atoms with van der Waals surface area (Å²) in [6, 6.07) is 0. The van der Waals surface area contributed by atoms with Gasteiger partial charge in [-0.2, -0.15) is 0 Å². The van der Waals surface area contributed by atoms with Crippen LogP contribution in [-0.4, -0.2) is 5.91 Å². The Bertz CT molecular complexity index is 259. The van der Waals surface area contributed by atoms with Crippen LogP contribution >= 0.6 is 0 Å². The summed E-state index contributed by atoms with van der Waals surface area (Å²) in [5.74, 6) is 2.16. The fourth-order valence-electron chi connectivity index (χ4n) is 4.10. The van der Waals surface area contributed by atoms with Crippen LogP contribution in [0.1, 0.15) is 52.4 Å². The van der Waals surface area contributed by atoms with Crippen molar-refractivity contribution >= 4 is 5.91 Å². The van der Waals surface area contributed by atoms with Gasteiger partial charge in [-0.15, -0.1) is 0 Å². The first kappa shape index (κ1) is 11.0. The third kappa shape index (κ3) is 1.91. The first-order valence-corrected chi connectivity index (χ1v) is 6.35. The molecular formula is C13H23NO. The molecule has 2 rings (SSSR count). The second-order valence-electron chi connectivity index (χ2n) is 5.97. The van der Waals surface area contributed by atoms with Gasteiger partial charge in [-0.05, 0) is 49.9 Å². The molecule has 1 amide bonds. The van der Waals surface area contributed by atoms with E-state index < -0.39 is 0 Å². The molecule has 0 aromatic rings. The number of carbonyl (C=O) groups is 1. The Hall–Kier alpha value is -0.530. The quantitative estimate of drug-likeness (QED) is 0.746. The molecule has 0 spiro atoms. The van der Waals surface area contributed by atoms with Crippen LogP contribution in [0.25, 0.3) is 0 Å². The molecule has 0 heterocycles. The van der Waals surface area contributed by atoms with Crippen molar-refractivity contribution in [3.63, 3.8) is 0 Å². The first-order valence-electron chi connectivity index (χ1n) is 6.35. The lowest BCUT2D eigenvalue weighted by molar-refractivity contribution is -0.136. The van der Waals surface area contributed by atoms with Gasteiger partial charge in [0.2, 0.25) is 5.91 Å². The summed E-state index contributed by atoms with van der Waals surface area (Å²) in [4.78, 5) is 11.7. The van der Waals surface area contributed by atoms with E-state index in [9.17, 15) is 4.79 Å². The minimum atomic E-state index is -0.138. The topological polar surface area (TPSA) is 43.1 Å². The van der Waals surface area contributed by atoms with Crippen LogP contribution in [0.4, 0.5) is 0 Å². The van der Waals surface area contributed by atoms with Crippen molar-refractivity contribution in [3.8, 4) is 0 Å². The molecule has 0 aromatic carbocycles. The van der Waals surface area contributed by atoms with E-state index in [1.165, 1.54) is 19.3 Å². The van der Waals surface area contributed by atoms with Gasteiger partial charge in [-0.3, -0.25) is 4.79 Å². The maximum atomic E-state index is 11.7. The average molecular weight is 209 g/mol. The predicted molar refractivity (Wildman–Crippen MR) is 61.1 cm³/mol. The monoisotopic (exact) mass is 209 g/mol. The Morgan fingerprint density at radius 2 is 2.07 bits per heavy atom. The average Bonchev–Trinajstić information content (AvgIpc) is 2.15. The number of primary amides is 1. The van der Waals surface area contributed by atoms with Gasteiger partial charge in [-0.25, -0.2) is 0 Å². The third-order valence-electron chi connectivity index (χ3n) is 4.60. The number of hydrogen-bond donors (Lipinski definition) is 1. The summed E-state index contributed by atoms with van der Waals surface area (Å²) in [5, 5.41) is 0. The minimum absolute atomic E-state index is 0.0304. The van der Waals surface area contributed by atoms with Crippen molar-refractivity contribution < 1.29 is 4.79 Å². The van der Waals surface area contributed by atoms with Crippen molar-refractivity contribution in [2.75, 3.05) is 0 Å². The molecular weight excluding hydrogens is 186 g/mol. The third-order valence-corrected chi connectivity index (χ3v) is 4.60. The van der Waals surface area contributed by atoms with Crippen molar-refractivity contribution in [3.05, 3.63) is 0 Å². The second-order valence-corrected chi connectivity index (χ2v) is 5.97. The molecule has 2 nitrogen and oxygen atoms in total. The van der Waals surface area contributed by atoms with E-state index in [4.69, 9.17) is 5.73 Å². The molecule has 86 valence electrons. The van der Waals surface area contributed by atoms with E-state index in [0.717, 1.165) is 31.1 Å². The molecule has 0 radical (unpaired) electrons. The number of amides is 1. The van der Waals surface area contributed by atoms with Gasteiger partial charge in [0.15, 0.2) is 0 Å². The molecule has 2 N–H and O–H groups in total. The molecule has 0 aromatic heterocycles. The molecule has 2 saturated carbocycles. The van der Waals surface area contributed by atoms with Crippen LogP contribution in [0.3, 0.4) is 0 Å². The zero-order valence-corrected chi connectivity index (χ0v) is 9.96. The highest BCUT2D eigenvalue weighted by Gasteiger charge is 2.48. The summed E-state index contributed by atoms with van der Waals surface area (Å²) in [5.41, 5.74) is 5.51. The molecule has 2 bridgehead atoms. The summed E-state index contributed by atoms with van der Waals surface area (Å²) < 4.78 is 0. The van der Waals surface area contributed by atoms with Gasteiger partial charge in [0.25, 0.3) is 0 Å². The van der Waals surface area contributed by atoms with Gasteiger partial charge >= 0.3 is 0 Å². The van der Waals surface area contributed by atoms with Crippen molar-refractivity contribution in [1.82, 2.24) is 0 Å². The zero-order chi connectivity index (χ0) is 11.1.